The summed E-state index contributed by atoms with van der Waals surface area (Å²) in [5, 5.41) is 0. The van der Waals surface area contributed by atoms with Crippen LogP contribution >= 0.6 is 0 Å². The summed E-state index contributed by atoms with van der Waals surface area (Å²) >= 11 is 0. The van der Waals surface area contributed by atoms with Crippen LogP contribution in [-0.2, 0) is 13.0 Å². The number of benzene rings is 1. The minimum absolute atomic E-state index is 0.609. The van der Waals surface area contributed by atoms with Crippen molar-refractivity contribution in [2.75, 3.05) is 39.3 Å². The molecule has 0 saturated carbocycles. The van der Waals surface area contributed by atoms with E-state index in [1.165, 1.54) is 43.7 Å². The van der Waals surface area contributed by atoms with Crippen molar-refractivity contribution < 1.29 is 0 Å². The van der Waals surface area contributed by atoms with Gasteiger partial charge in [-0.1, -0.05) is 38.1 Å². The minimum atomic E-state index is 0.609. The minimum Gasteiger partial charge on any atom is -0.330 e. The molecule has 2 N–H and O–H groups in total. The van der Waals surface area contributed by atoms with Crippen molar-refractivity contribution in [2.45, 2.75) is 33.2 Å². The van der Waals surface area contributed by atoms with Gasteiger partial charge in [0.15, 0.2) is 0 Å². The lowest BCUT2D eigenvalue weighted by molar-refractivity contribution is 0.232. The molecule has 1 heterocycles. The van der Waals surface area contributed by atoms with Crippen LogP contribution in [-0.4, -0.2) is 49.1 Å². The van der Waals surface area contributed by atoms with Crippen LogP contribution in [0.2, 0.25) is 0 Å². The molecular weight excluding hydrogens is 258 g/mol. The van der Waals surface area contributed by atoms with Gasteiger partial charge in [0.1, 0.15) is 0 Å². The molecule has 0 radical (unpaired) electrons. The highest BCUT2D eigenvalue weighted by Gasteiger charge is 2.16. The second-order valence-corrected chi connectivity index (χ2v) is 6.44. The lowest BCUT2D eigenvalue weighted by Crippen LogP contribution is -2.35. The monoisotopic (exact) mass is 289 g/mol. The number of rotatable bonds is 6. The highest BCUT2D eigenvalue weighted by Crippen LogP contribution is 2.11. The Morgan fingerprint density at radius 2 is 1.62 bits per heavy atom. The van der Waals surface area contributed by atoms with Gasteiger partial charge in [0.05, 0.1) is 0 Å². The van der Waals surface area contributed by atoms with E-state index in [2.05, 4.69) is 47.9 Å². The molecule has 0 aromatic heterocycles. The molecular formula is C18H31N3. The first kappa shape index (κ1) is 16.5. The van der Waals surface area contributed by atoms with E-state index < -0.39 is 0 Å². The maximum Gasteiger partial charge on any atom is 0.0234 e. The van der Waals surface area contributed by atoms with Crippen LogP contribution in [0, 0.1) is 5.92 Å². The van der Waals surface area contributed by atoms with Gasteiger partial charge >= 0.3 is 0 Å². The van der Waals surface area contributed by atoms with Gasteiger partial charge in [0.25, 0.3) is 0 Å². The highest BCUT2D eigenvalue weighted by atomic mass is 15.2. The molecule has 1 aromatic carbocycles. The summed E-state index contributed by atoms with van der Waals surface area (Å²) in [4.78, 5) is 5.17. The van der Waals surface area contributed by atoms with Crippen LogP contribution < -0.4 is 5.73 Å². The number of hydrogen-bond donors (Lipinski definition) is 1. The second-order valence-electron chi connectivity index (χ2n) is 6.44. The summed E-state index contributed by atoms with van der Waals surface area (Å²) in [7, 11) is 0. The standard InChI is InChI=1S/C18H31N3/c1-3-17-5-7-18(8-6-17)15-21-10-4-9-20(11-12-21)14-16(2)13-19/h5-8,16H,3-4,9-15,19H2,1-2H3. The highest BCUT2D eigenvalue weighted by molar-refractivity contribution is 5.22. The average Bonchev–Trinajstić information content (AvgIpc) is 2.73. The van der Waals surface area contributed by atoms with Gasteiger partial charge in [0, 0.05) is 26.2 Å². The molecule has 3 heteroatoms. The molecule has 118 valence electrons. The van der Waals surface area contributed by atoms with Gasteiger partial charge in [-0.25, -0.2) is 0 Å². The molecule has 1 aliphatic heterocycles. The Morgan fingerprint density at radius 1 is 1.00 bits per heavy atom. The van der Waals surface area contributed by atoms with Gasteiger partial charge in [-0.15, -0.1) is 0 Å². The summed E-state index contributed by atoms with van der Waals surface area (Å²) in [6.07, 6.45) is 2.39. The number of nitrogens with zero attached hydrogens (tertiary/aromatic N) is 2. The summed E-state index contributed by atoms with van der Waals surface area (Å²) in [6, 6.07) is 9.11. The molecule has 3 nitrogen and oxygen atoms in total. The van der Waals surface area contributed by atoms with Crippen molar-refractivity contribution in [3.05, 3.63) is 35.4 Å². The van der Waals surface area contributed by atoms with Crippen LogP contribution in [0.15, 0.2) is 24.3 Å². The van der Waals surface area contributed by atoms with E-state index >= 15 is 0 Å². The van der Waals surface area contributed by atoms with Crippen molar-refractivity contribution >= 4 is 0 Å². The number of hydrogen-bond acceptors (Lipinski definition) is 3. The normalized spacial score (nSPS) is 19.4. The van der Waals surface area contributed by atoms with Crippen molar-refractivity contribution in [2.24, 2.45) is 11.7 Å². The zero-order valence-electron chi connectivity index (χ0n) is 13.7. The van der Waals surface area contributed by atoms with Gasteiger partial charge in [0.2, 0.25) is 0 Å². The molecule has 1 unspecified atom stereocenters. The van der Waals surface area contributed by atoms with Crippen molar-refractivity contribution in [1.82, 2.24) is 9.80 Å². The van der Waals surface area contributed by atoms with Crippen LogP contribution in [0.1, 0.15) is 31.4 Å². The molecule has 1 aromatic rings. The summed E-state index contributed by atoms with van der Waals surface area (Å²) in [5.74, 6) is 0.609. The molecule has 1 saturated heterocycles. The zero-order chi connectivity index (χ0) is 15.1. The van der Waals surface area contributed by atoms with Gasteiger partial charge < -0.3 is 10.6 Å². The van der Waals surface area contributed by atoms with Crippen molar-refractivity contribution in [3.8, 4) is 0 Å². The molecule has 0 spiro atoms. The lowest BCUT2D eigenvalue weighted by Gasteiger charge is -2.24. The van der Waals surface area contributed by atoms with Crippen LogP contribution in [0.5, 0.6) is 0 Å². The third-order valence-corrected chi connectivity index (χ3v) is 4.49. The van der Waals surface area contributed by atoms with Crippen molar-refractivity contribution in [3.63, 3.8) is 0 Å². The summed E-state index contributed by atoms with van der Waals surface area (Å²) in [6.45, 7) is 12.3. The largest absolute Gasteiger partial charge is 0.330 e. The quantitative estimate of drug-likeness (QED) is 0.872. The number of aryl methyl sites for hydroxylation is 1. The topological polar surface area (TPSA) is 32.5 Å². The van der Waals surface area contributed by atoms with E-state index in [1.807, 2.05) is 0 Å². The fourth-order valence-electron chi connectivity index (χ4n) is 3.02. The Hall–Kier alpha value is -0.900. The van der Waals surface area contributed by atoms with E-state index in [1.54, 1.807) is 0 Å². The predicted octanol–water partition coefficient (Wildman–Crippen LogP) is 2.35. The Bertz CT molecular complexity index is 401. The fraction of sp³-hybridized carbons (Fsp3) is 0.667. The van der Waals surface area contributed by atoms with Gasteiger partial charge in [-0.2, -0.15) is 0 Å². The predicted molar refractivity (Wildman–Crippen MR) is 90.4 cm³/mol. The third kappa shape index (κ3) is 5.42. The maximum atomic E-state index is 5.74. The fourth-order valence-corrected chi connectivity index (χ4v) is 3.02. The van der Waals surface area contributed by atoms with Gasteiger partial charge in [-0.3, -0.25) is 4.90 Å². The second kappa shape index (κ2) is 8.52. The van der Waals surface area contributed by atoms with E-state index in [9.17, 15) is 0 Å². The van der Waals surface area contributed by atoms with Gasteiger partial charge in [-0.05, 0) is 49.5 Å². The molecule has 0 amide bonds. The molecule has 0 aliphatic carbocycles. The molecule has 0 bridgehead atoms. The first-order chi connectivity index (χ1) is 10.2. The average molecular weight is 289 g/mol. The van der Waals surface area contributed by atoms with Crippen LogP contribution in [0.25, 0.3) is 0 Å². The molecule has 21 heavy (non-hydrogen) atoms. The SMILES string of the molecule is CCc1ccc(CN2CCCN(CC(C)CN)CC2)cc1. The van der Waals surface area contributed by atoms with E-state index in [4.69, 9.17) is 5.73 Å². The van der Waals surface area contributed by atoms with Crippen molar-refractivity contribution in [1.29, 1.82) is 0 Å². The molecule has 2 rings (SSSR count). The smallest absolute Gasteiger partial charge is 0.0234 e. The Morgan fingerprint density at radius 3 is 2.29 bits per heavy atom. The molecule has 1 fully saturated rings. The Labute approximate surface area is 130 Å². The first-order valence-electron chi connectivity index (χ1n) is 8.44. The van der Waals surface area contributed by atoms with E-state index in [0.29, 0.717) is 5.92 Å². The summed E-state index contributed by atoms with van der Waals surface area (Å²) < 4.78 is 0. The number of nitrogens with two attached hydrogens (primary N) is 1. The molecule has 1 atom stereocenters. The maximum absolute atomic E-state index is 5.74. The third-order valence-electron chi connectivity index (χ3n) is 4.49. The zero-order valence-corrected chi connectivity index (χ0v) is 13.7. The van der Waals surface area contributed by atoms with Crippen LogP contribution in [0.4, 0.5) is 0 Å². The first-order valence-corrected chi connectivity index (χ1v) is 8.44. The summed E-state index contributed by atoms with van der Waals surface area (Å²) in [5.41, 5.74) is 8.61. The van der Waals surface area contributed by atoms with Crippen LogP contribution in [0.3, 0.4) is 0 Å². The Balaban J connectivity index is 1.82. The lowest BCUT2D eigenvalue weighted by atomic mass is 10.1. The van der Waals surface area contributed by atoms with E-state index in [-0.39, 0.29) is 0 Å². The molecule has 1 aliphatic rings. The Kier molecular flexibility index (Phi) is 6.68. The van der Waals surface area contributed by atoms with E-state index in [0.717, 1.165) is 26.1 Å².